The molecule has 0 aliphatic carbocycles. The molecule has 0 spiro atoms. The Kier molecular flexibility index (Phi) is 4.11. The minimum atomic E-state index is -0.0995. The number of fused-ring (bicyclic) bond motifs is 1. The zero-order chi connectivity index (χ0) is 14.0. The number of hydrogen-bond donors (Lipinski definition) is 2. The van der Waals surface area contributed by atoms with Crippen molar-refractivity contribution in [2.24, 2.45) is 0 Å². The Morgan fingerprint density at radius 1 is 1.16 bits per heavy atom. The number of nitrogens with zero attached hydrogens (tertiary/aromatic N) is 4. The van der Waals surface area contributed by atoms with Gasteiger partial charge in [-0.25, -0.2) is 9.97 Å². The van der Waals surface area contributed by atoms with Gasteiger partial charge in [-0.15, -0.1) is 0 Å². The Hall–Kier alpha value is -1.53. The van der Waals surface area contributed by atoms with Crippen LogP contribution in [-0.2, 0) is 0 Å². The summed E-state index contributed by atoms with van der Waals surface area (Å²) >= 11 is 5.89. The molecule has 0 amide bonds. The Morgan fingerprint density at radius 2 is 1.84 bits per heavy atom. The maximum atomic E-state index is 9.25. The van der Waals surface area contributed by atoms with E-state index in [0.717, 1.165) is 17.8 Å². The number of rotatable bonds is 4. The number of aliphatic hydroxyl groups is 1. The summed E-state index contributed by atoms with van der Waals surface area (Å²) in [5.74, 6) is 0.506. The van der Waals surface area contributed by atoms with Crippen LogP contribution in [0.4, 0.5) is 5.82 Å². The van der Waals surface area contributed by atoms with Gasteiger partial charge >= 0.3 is 0 Å². The fourth-order valence-corrected chi connectivity index (χ4v) is 1.82. The number of halogens is 1. The minimum absolute atomic E-state index is 0.0118. The van der Waals surface area contributed by atoms with Crippen molar-refractivity contribution < 1.29 is 5.11 Å². The topological polar surface area (TPSA) is 83.8 Å². The summed E-state index contributed by atoms with van der Waals surface area (Å²) in [5, 5.41) is 12.5. The highest BCUT2D eigenvalue weighted by Gasteiger charge is 2.14. The number of hydrogen-bond acceptors (Lipinski definition) is 6. The van der Waals surface area contributed by atoms with E-state index in [-0.39, 0.29) is 17.9 Å². The van der Waals surface area contributed by atoms with Crippen LogP contribution in [0.3, 0.4) is 0 Å². The zero-order valence-corrected chi connectivity index (χ0v) is 11.9. The molecule has 19 heavy (non-hydrogen) atoms. The lowest BCUT2D eigenvalue weighted by Gasteiger charge is -2.15. The Morgan fingerprint density at radius 3 is 2.47 bits per heavy atom. The van der Waals surface area contributed by atoms with E-state index in [0.29, 0.717) is 17.0 Å². The van der Waals surface area contributed by atoms with Gasteiger partial charge in [0.15, 0.2) is 17.0 Å². The summed E-state index contributed by atoms with van der Waals surface area (Å²) in [6.07, 6.45) is 0.762. The molecule has 0 radical (unpaired) electrons. The van der Waals surface area contributed by atoms with E-state index in [4.69, 9.17) is 11.6 Å². The van der Waals surface area contributed by atoms with Crippen LogP contribution in [-0.4, -0.2) is 37.7 Å². The molecule has 1 unspecified atom stereocenters. The third-order valence-corrected chi connectivity index (χ3v) is 3.14. The highest BCUT2D eigenvalue weighted by molar-refractivity contribution is 6.28. The first-order chi connectivity index (χ1) is 9.05. The fourth-order valence-electron chi connectivity index (χ4n) is 1.66. The van der Waals surface area contributed by atoms with Crippen LogP contribution in [0.1, 0.15) is 24.7 Å². The molecule has 0 fully saturated rings. The van der Waals surface area contributed by atoms with Gasteiger partial charge in [-0.2, -0.15) is 9.97 Å². The van der Waals surface area contributed by atoms with E-state index in [1.165, 1.54) is 0 Å². The predicted octanol–water partition coefficient (Wildman–Crippen LogP) is 1.87. The summed E-state index contributed by atoms with van der Waals surface area (Å²) in [7, 11) is 0. The standard InChI is InChI=1S/C12H16ClN5O/c1-4-8(5-19)16-11-9-10(17-12(13)18-11)15-7(3)6(2)14-9/h8,19H,4-5H2,1-3H3,(H,15,16,17,18). The van der Waals surface area contributed by atoms with Gasteiger partial charge in [0, 0.05) is 0 Å². The molecular weight excluding hydrogens is 266 g/mol. The average molecular weight is 282 g/mol. The van der Waals surface area contributed by atoms with E-state index in [1.807, 2.05) is 20.8 Å². The number of aliphatic hydroxyl groups excluding tert-OH is 1. The van der Waals surface area contributed by atoms with Crippen LogP contribution < -0.4 is 5.32 Å². The maximum Gasteiger partial charge on any atom is 0.226 e. The molecule has 6 nitrogen and oxygen atoms in total. The van der Waals surface area contributed by atoms with E-state index in [2.05, 4.69) is 25.3 Å². The SMILES string of the molecule is CCC(CO)Nc1nc(Cl)nc2nc(C)c(C)nc12. The quantitative estimate of drug-likeness (QED) is 0.833. The average Bonchev–Trinajstić information content (AvgIpc) is 2.38. The van der Waals surface area contributed by atoms with Crippen LogP contribution in [0.5, 0.6) is 0 Å². The van der Waals surface area contributed by atoms with Gasteiger partial charge < -0.3 is 10.4 Å². The third-order valence-electron chi connectivity index (χ3n) is 2.97. The monoisotopic (exact) mass is 281 g/mol. The van der Waals surface area contributed by atoms with Crippen molar-refractivity contribution in [3.05, 3.63) is 16.7 Å². The summed E-state index contributed by atoms with van der Waals surface area (Å²) in [6.45, 7) is 5.73. The minimum Gasteiger partial charge on any atom is -0.394 e. The molecule has 2 N–H and O–H groups in total. The second-order valence-electron chi connectivity index (χ2n) is 4.34. The van der Waals surface area contributed by atoms with Crippen molar-refractivity contribution in [1.29, 1.82) is 0 Å². The van der Waals surface area contributed by atoms with E-state index >= 15 is 0 Å². The van der Waals surface area contributed by atoms with Crippen molar-refractivity contribution in [3.8, 4) is 0 Å². The molecule has 2 rings (SSSR count). The molecule has 0 bridgehead atoms. The first kappa shape index (κ1) is 13.9. The molecule has 0 aliphatic rings. The highest BCUT2D eigenvalue weighted by atomic mass is 35.5. The van der Waals surface area contributed by atoms with Gasteiger partial charge in [0.25, 0.3) is 0 Å². The van der Waals surface area contributed by atoms with Crippen LogP contribution in [0.25, 0.3) is 11.2 Å². The fraction of sp³-hybridized carbons (Fsp3) is 0.500. The van der Waals surface area contributed by atoms with Crippen molar-refractivity contribution in [2.45, 2.75) is 33.2 Å². The number of aryl methyl sites for hydroxylation is 2. The van der Waals surface area contributed by atoms with Crippen LogP contribution in [0.15, 0.2) is 0 Å². The van der Waals surface area contributed by atoms with Gasteiger partial charge in [-0.1, -0.05) is 6.92 Å². The number of nitrogens with one attached hydrogen (secondary N) is 1. The van der Waals surface area contributed by atoms with E-state index in [9.17, 15) is 5.11 Å². The summed E-state index contributed by atoms with van der Waals surface area (Å²) < 4.78 is 0. The molecule has 7 heteroatoms. The molecule has 102 valence electrons. The Bertz CT molecular complexity index is 600. The van der Waals surface area contributed by atoms with Gasteiger partial charge in [-0.05, 0) is 31.9 Å². The van der Waals surface area contributed by atoms with Crippen molar-refractivity contribution >= 4 is 28.6 Å². The normalized spacial score (nSPS) is 12.7. The van der Waals surface area contributed by atoms with E-state index < -0.39 is 0 Å². The van der Waals surface area contributed by atoms with Crippen molar-refractivity contribution in [2.75, 3.05) is 11.9 Å². The first-order valence-corrected chi connectivity index (χ1v) is 6.48. The number of aromatic nitrogens is 4. The van der Waals surface area contributed by atoms with Crippen LogP contribution >= 0.6 is 11.6 Å². The molecule has 0 saturated heterocycles. The largest absolute Gasteiger partial charge is 0.394 e. The Labute approximate surface area is 116 Å². The molecule has 0 saturated carbocycles. The first-order valence-electron chi connectivity index (χ1n) is 6.11. The smallest absolute Gasteiger partial charge is 0.226 e. The molecule has 2 heterocycles. The molecular formula is C12H16ClN5O. The lowest BCUT2D eigenvalue weighted by molar-refractivity contribution is 0.271. The molecule has 2 aromatic heterocycles. The van der Waals surface area contributed by atoms with Crippen molar-refractivity contribution in [3.63, 3.8) is 0 Å². The van der Waals surface area contributed by atoms with Gasteiger partial charge in [0.05, 0.1) is 24.0 Å². The highest BCUT2D eigenvalue weighted by Crippen LogP contribution is 2.21. The van der Waals surface area contributed by atoms with Gasteiger partial charge in [0.1, 0.15) is 0 Å². The molecule has 0 aromatic carbocycles. The maximum absolute atomic E-state index is 9.25. The number of anilines is 1. The predicted molar refractivity (Wildman–Crippen MR) is 74.4 cm³/mol. The Balaban J connectivity index is 2.55. The second kappa shape index (κ2) is 5.63. The lowest BCUT2D eigenvalue weighted by atomic mass is 10.2. The molecule has 0 aliphatic heterocycles. The van der Waals surface area contributed by atoms with Crippen molar-refractivity contribution in [1.82, 2.24) is 19.9 Å². The van der Waals surface area contributed by atoms with Crippen LogP contribution in [0.2, 0.25) is 5.28 Å². The van der Waals surface area contributed by atoms with Crippen LogP contribution in [0, 0.1) is 13.8 Å². The van der Waals surface area contributed by atoms with Gasteiger partial charge in [-0.3, -0.25) is 0 Å². The summed E-state index contributed by atoms with van der Waals surface area (Å²) in [6, 6.07) is -0.0995. The summed E-state index contributed by atoms with van der Waals surface area (Å²) in [4.78, 5) is 17.0. The van der Waals surface area contributed by atoms with Gasteiger partial charge in [0.2, 0.25) is 5.28 Å². The second-order valence-corrected chi connectivity index (χ2v) is 4.68. The molecule has 1 atom stereocenters. The summed E-state index contributed by atoms with van der Waals surface area (Å²) in [5.41, 5.74) is 2.65. The lowest BCUT2D eigenvalue weighted by Crippen LogP contribution is -2.23. The van der Waals surface area contributed by atoms with E-state index in [1.54, 1.807) is 0 Å². The zero-order valence-electron chi connectivity index (χ0n) is 11.1. The third kappa shape index (κ3) is 2.90. The molecule has 2 aromatic rings.